The number of benzene rings is 1. The van der Waals surface area contributed by atoms with Gasteiger partial charge in [0.15, 0.2) is 11.6 Å². The number of aromatic hydroxyl groups is 1. The molecular formula is C26H30N10O. The van der Waals surface area contributed by atoms with Crippen LogP contribution < -0.4 is 21.3 Å². The average Bonchev–Trinajstić information content (AvgIpc) is 3.23. The summed E-state index contributed by atoms with van der Waals surface area (Å²) in [6, 6.07) is 11.3. The molecule has 0 spiro atoms. The number of nitriles is 1. The summed E-state index contributed by atoms with van der Waals surface area (Å²) >= 11 is 0. The Morgan fingerprint density at radius 1 is 1.24 bits per heavy atom. The highest BCUT2D eigenvalue weighted by atomic mass is 16.3. The van der Waals surface area contributed by atoms with E-state index >= 15 is 0 Å². The molecule has 0 aliphatic carbocycles. The van der Waals surface area contributed by atoms with Gasteiger partial charge in [-0.1, -0.05) is 12.1 Å². The lowest BCUT2D eigenvalue weighted by molar-refractivity contribution is 0.405. The second-order valence-electron chi connectivity index (χ2n) is 9.62. The lowest BCUT2D eigenvalue weighted by Gasteiger charge is -2.37. The van der Waals surface area contributed by atoms with Gasteiger partial charge in [-0.3, -0.25) is 0 Å². The first kappa shape index (κ1) is 24.3. The topological polar surface area (TPSA) is 153 Å². The fourth-order valence-electron chi connectivity index (χ4n) is 4.95. The Kier molecular flexibility index (Phi) is 6.50. The van der Waals surface area contributed by atoms with Crippen LogP contribution in [-0.4, -0.2) is 54.8 Å². The number of fused-ring (bicyclic) bond motifs is 1. The number of aryl methyl sites for hydroxylation is 1. The van der Waals surface area contributed by atoms with Crippen LogP contribution in [0.25, 0.3) is 5.52 Å². The molecule has 1 aromatic carbocycles. The molecule has 0 saturated carbocycles. The van der Waals surface area contributed by atoms with Crippen molar-refractivity contribution in [3.05, 3.63) is 65.4 Å². The molecule has 37 heavy (non-hydrogen) atoms. The van der Waals surface area contributed by atoms with Crippen LogP contribution >= 0.6 is 0 Å². The van der Waals surface area contributed by atoms with Crippen LogP contribution in [0.3, 0.4) is 0 Å². The van der Waals surface area contributed by atoms with Crippen LogP contribution in [-0.2, 0) is 6.42 Å². The fourth-order valence-corrected chi connectivity index (χ4v) is 4.95. The van der Waals surface area contributed by atoms with Crippen molar-refractivity contribution in [2.24, 2.45) is 0 Å². The van der Waals surface area contributed by atoms with E-state index in [2.05, 4.69) is 52.3 Å². The Hall–Kier alpha value is -4.43. The van der Waals surface area contributed by atoms with Crippen molar-refractivity contribution in [2.75, 3.05) is 29.0 Å². The first-order chi connectivity index (χ1) is 17.8. The van der Waals surface area contributed by atoms with Crippen molar-refractivity contribution in [1.82, 2.24) is 29.9 Å². The van der Waals surface area contributed by atoms with Gasteiger partial charge in [-0.15, -0.1) is 0 Å². The third kappa shape index (κ3) is 4.96. The van der Waals surface area contributed by atoms with E-state index in [4.69, 9.17) is 15.8 Å². The maximum Gasteiger partial charge on any atom is 0.174 e. The molecule has 5 rings (SSSR count). The largest absolute Gasteiger partial charge is 0.508 e. The number of nitrogens with one attached hydrogen (secondary N) is 2. The third-order valence-electron chi connectivity index (χ3n) is 6.53. The van der Waals surface area contributed by atoms with Crippen LogP contribution in [0.1, 0.15) is 42.4 Å². The number of nitrogens with zero attached hydrogens (tertiary/aromatic N) is 7. The van der Waals surface area contributed by atoms with Gasteiger partial charge >= 0.3 is 0 Å². The van der Waals surface area contributed by atoms with Crippen molar-refractivity contribution < 1.29 is 5.11 Å². The molecule has 1 saturated heterocycles. The molecule has 5 N–H and O–H groups in total. The molecular weight excluding hydrogens is 468 g/mol. The van der Waals surface area contributed by atoms with E-state index in [9.17, 15) is 10.4 Å². The highest BCUT2D eigenvalue weighted by Crippen LogP contribution is 2.30. The van der Waals surface area contributed by atoms with E-state index in [1.165, 1.54) is 6.33 Å². The smallest absolute Gasteiger partial charge is 0.174 e. The number of nitrogen functional groups attached to an aromatic ring is 1. The minimum atomic E-state index is -0.480. The molecule has 0 bridgehead atoms. The summed E-state index contributed by atoms with van der Waals surface area (Å²) in [5.74, 6) is 1.96. The molecule has 11 heteroatoms. The number of anilines is 3. The SMILES string of the molecule is Cc1ccn2nc([C@H](Cc3cccc(O)c3)Nc3ncnc(N)c3C#N)nc(N3C[C@@H](C)N[C@@H](C)C3)c12. The highest BCUT2D eigenvalue weighted by Gasteiger charge is 2.27. The highest BCUT2D eigenvalue weighted by molar-refractivity contribution is 5.73. The number of phenols is 1. The van der Waals surface area contributed by atoms with E-state index in [0.29, 0.717) is 30.1 Å². The zero-order valence-corrected chi connectivity index (χ0v) is 21.0. The molecule has 0 radical (unpaired) electrons. The molecule has 3 aromatic heterocycles. The Labute approximate surface area is 215 Å². The van der Waals surface area contributed by atoms with Crippen molar-refractivity contribution in [1.29, 1.82) is 5.26 Å². The maximum absolute atomic E-state index is 10.1. The van der Waals surface area contributed by atoms with Gasteiger partial charge in [0, 0.05) is 37.8 Å². The molecule has 4 aromatic rings. The Morgan fingerprint density at radius 2 is 2.03 bits per heavy atom. The Bertz CT molecular complexity index is 1470. The molecule has 3 atom stereocenters. The molecule has 4 heterocycles. The Balaban J connectivity index is 1.63. The number of rotatable bonds is 6. The number of aromatic nitrogens is 5. The van der Waals surface area contributed by atoms with Gasteiger partial charge in [0.25, 0.3) is 0 Å². The van der Waals surface area contributed by atoms with Gasteiger partial charge < -0.3 is 26.4 Å². The molecule has 11 nitrogen and oxygen atoms in total. The van der Waals surface area contributed by atoms with Crippen molar-refractivity contribution in [2.45, 2.75) is 45.3 Å². The van der Waals surface area contributed by atoms with Gasteiger partial charge in [0.1, 0.15) is 40.9 Å². The minimum Gasteiger partial charge on any atom is -0.508 e. The quantitative estimate of drug-likeness (QED) is 0.312. The van der Waals surface area contributed by atoms with E-state index in [1.54, 1.807) is 18.2 Å². The van der Waals surface area contributed by atoms with Gasteiger partial charge in [-0.2, -0.15) is 10.4 Å². The van der Waals surface area contributed by atoms with E-state index in [1.807, 2.05) is 22.8 Å². The van der Waals surface area contributed by atoms with Crippen molar-refractivity contribution in [3.8, 4) is 11.8 Å². The number of hydrogen-bond donors (Lipinski definition) is 4. The van der Waals surface area contributed by atoms with Crippen LogP contribution in [0.4, 0.5) is 17.5 Å². The fraction of sp³-hybridized carbons (Fsp3) is 0.346. The summed E-state index contributed by atoms with van der Waals surface area (Å²) in [6.45, 7) is 8.02. The molecule has 1 aliphatic rings. The summed E-state index contributed by atoms with van der Waals surface area (Å²) in [5, 5.41) is 31.5. The van der Waals surface area contributed by atoms with Gasteiger partial charge in [0.05, 0.1) is 6.04 Å². The maximum atomic E-state index is 10.1. The molecule has 1 fully saturated rings. The summed E-state index contributed by atoms with van der Waals surface area (Å²) in [6.07, 6.45) is 3.68. The van der Waals surface area contributed by atoms with Crippen molar-refractivity contribution >= 4 is 23.0 Å². The average molecular weight is 499 g/mol. The van der Waals surface area contributed by atoms with Crippen LogP contribution in [0.2, 0.25) is 0 Å². The summed E-state index contributed by atoms with van der Waals surface area (Å²) in [5.41, 5.74) is 9.03. The van der Waals surface area contributed by atoms with E-state index in [-0.39, 0.29) is 17.1 Å². The van der Waals surface area contributed by atoms with Gasteiger partial charge in [0.2, 0.25) is 0 Å². The number of nitrogens with two attached hydrogens (primary N) is 1. The zero-order chi connectivity index (χ0) is 26.1. The van der Waals surface area contributed by atoms with Gasteiger partial charge in [-0.25, -0.2) is 19.5 Å². The number of piperazine rings is 1. The molecule has 190 valence electrons. The molecule has 1 aliphatic heterocycles. The predicted molar refractivity (Wildman–Crippen MR) is 141 cm³/mol. The number of hydrogen-bond acceptors (Lipinski definition) is 10. The summed E-state index contributed by atoms with van der Waals surface area (Å²) in [7, 11) is 0. The lowest BCUT2D eigenvalue weighted by atomic mass is 10.0. The first-order valence-corrected chi connectivity index (χ1v) is 12.2. The van der Waals surface area contributed by atoms with E-state index in [0.717, 1.165) is 35.6 Å². The van der Waals surface area contributed by atoms with Crippen LogP contribution in [0.5, 0.6) is 5.75 Å². The normalized spacial score (nSPS) is 18.5. The van der Waals surface area contributed by atoms with Crippen molar-refractivity contribution in [3.63, 3.8) is 0 Å². The lowest BCUT2D eigenvalue weighted by Crippen LogP contribution is -2.54. The zero-order valence-electron chi connectivity index (χ0n) is 21.0. The Morgan fingerprint density at radius 3 is 2.76 bits per heavy atom. The standard InChI is InChI=1S/C26H30N10O/c1-15-7-8-36-22(15)26(35-12-16(2)31-17(3)13-35)33-25(34-36)21(10-18-5-4-6-19(37)9-18)32-24-20(11-27)23(28)29-14-30-24/h4-9,14,16-17,21,31,37H,10,12-13H2,1-3H3,(H3,28,29,30,32)/t16-,17+,21-/m0/s1. The molecule has 0 amide bonds. The monoisotopic (exact) mass is 498 g/mol. The van der Waals surface area contributed by atoms with Crippen LogP contribution in [0.15, 0.2) is 42.9 Å². The van der Waals surface area contributed by atoms with Crippen LogP contribution in [0, 0.1) is 18.3 Å². The second kappa shape index (κ2) is 9.91. The first-order valence-electron chi connectivity index (χ1n) is 12.2. The van der Waals surface area contributed by atoms with Gasteiger partial charge in [-0.05, 0) is 50.1 Å². The second-order valence-corrected chi connectivity index (χ2v) is 9.62. The number of phenolic OH excluding ortho intramolecular Hbond substituents is 1. The van der Waals surface area contributed by atoms with E-state index < -0.39 is 6.04 Å². The predicted octanol–water partition coefficient (Wildman–Crippen LogP) is 2.57. The summed E-state index contributed by atoms with van der Waals surface area (Å²) < 4.78 is 1.86. The molecule has 0 unspecified atom stereocenters. The third-order valence-corrected chi connectivity index (χ3v) is 6.53. The summed E-state index contributed by atoms with van der Waals surface area (Å²) in [4.78, 5) is 15.6. The minimum absolute atomic E-state index is 0.0954.